The fourth-order valence-electron chi connectivity index (χ4n) is 3.09. The fourth-order valence-corrected chi connectivity index (χ4v) is 4.08. The Morgan fingerprint density at radius 2 is 1.65 bits per heavy atom. The highest BCUT2D eigenvalue weighted by atomic mass is 32.1. The lowest BCUT2D eigenvalue weighted by molar-refractivity contribution is -0.384. The summed E-state index contributed by atoms with van der Waals surface area (Å²) in [6.07, 6.45) is 0. The number of nitrogens with zero attached hydrogens (tertiary/aromatic N) is 2. The molecule has 4 rings (SSSR count). The first-order chi connectivity index (χ1) is 15.1. The predicted octanol–water partition coefficient (Wildman–Crippen LogP) is 5.65. The van der Waals surface area contributed by atoms with Crippen molar-refractivity contribution in [1.82, 2.24) is 4.98 Å². The van der Waals surface area contributed by atoms with Gasteiger partial charge >= 0.3 is 0 Å². The predicted molar refractivity (Wildman–Crippen MR) is 121 cm³/mol. The van der Waals surface area contributed by atoms with Gasteiger partial charge in [0.1, 0.15) is 5.75 Å². The Bertz CT molecular complexity index is 1240. The van der Waals surface area contributed by atoms with Crippen LogP contribution in [0, 0.1) is 10.1 Å². The van der Waals surface area contributed by atoms with Crippen molar-refractivity contribution in [3.05, 3.63) is 94.5 Å². The van der Waals surface area contributed by atoms with Gasteiger partial charge in [0.25, 0.3) is 11.6 Å². The number of para-hydroxylation sites is 1. The molecule has 1 heterocycles. The molecule has 0 saturated heterocycles. The number of hydrogen-bond acceptors (Lipinski definition) is 6. The van der Waals surface area contributed by atoms with Crippen LogP contribution in [0.15, 0.2) is 78.9 Å². The third-order valence-electron chi connectivity index (χ3n) is 4.59. The van der Waals surface area contributed by atoms with Crippen LogP contribution in [-0.2, 0) is 0 Å². The Morgan fingerprint density at radius 3 is 2.32 bits per heavy atom. The number of carbonyl (C=O) groups excluding carboxylic acids is 1. The molecule has 0 unspecified atom stereocenters. The quantitative estimate of drug-likeness (QED) is 0.315. The van der Waals surface area contributed by atoms with Gasteiger partial charge in [0.2, 0.25) is 0 Å². The van der Waals surface area contributed by atoms with Crippen LogP contribution in [0.5, 0.6) is 5.75 Å². The second-order valence-corrected chi connectivity index (χ2v) is 7.52. The summed E-state index contributed by atoms with van der Waals surface area (Å²) < 4.78 is 5.27. The molecule has 0 aliphatic heterocycles. The zero-order valence-electron chi connectivity index (χ0n) is 16.4. The van der Waals surface area contributed by atoms with Crippen LogP contribution in [-0.4, -0.2) is 22.9 Å². The molecule has 1 aromatic heterocycles. The molecule has 154 valence electrons. The number of benzene rings is 3. The molecule has 8 heteroatoms. The highest BCUT2D eigenvalue weighted by molar-refractivity contribution is 7.19. The summed E-state index contributed by atoms with van der Waals surface area (Å²) in [6.45, 7) is 0. The van der Waals surface area contributed by atoms with Gasteiger partial charge in [-0.05, 0) is 29.8 Å². The number of carbonyl (C=O) groups is 1. The van der Waals surface area contributed by atoms with E-state index >= 15 is 0 Å². The van der Waals surface area contributed by atoms with E-state index in [1.165, 1.54) is 30.6 Å². The number of non-ortho nitro benzene ring substituents is 1. The van der Waals surface area contributed by atoms with Crippen LogP contribution in [0.25, 0.3) is 21.7 Å². The average molecular weight is 431 g/mol. The van der Waals surface area contributed by atoms with Gasteiger partial charge in [-0.2, -0.15) is 0 Å². The number of ether oxygens (including phenoxy) is 1. The molecule has 0 atom stereocenters. The van der Waals surface area contributed by atoms with Crippen LogP contribution < -0.4 is 10.1 Å². The molecule has 7 nitrogen and oxygen atoms in total. The normalized spacial score (nSPS) is 10.5. The van der Waals surface area contributed by atoms with Gasteiger partial charge in [0.05, 0.1) is 28.2 Å². The fraction of sp³-hybridized carbons (Fsp3) is 0.0435. The lowest BCUT2D eigenvalue weighted by atomic mass is 10.1. The smallest absolute Gasteiger partial charge is 0.269 e. The van der Waals surface area contributed by atoms with E-state index in [1.807, 2.05) is 30.3 Å². The number of anilines is 1. The number of thiazole rings is 1. The lowest BCUT2D eigenvalue weighted by Gasteiger charge is -2.07. The van der Waals surface area contributed by atoms with Gasteiger partial charge in [-0.15, -0.1) is 0 Å². The van der Waals surface area contributed by atoms with Gasteiger partial charge in [-0.1, -0.05) is 53.8 Å². The Labute approximate surface area is 182 Å². The minimum Gasteiger partial charge on any atom is -0.496 e. The van der Waals surface area contributed by atoms with Crippen LogP contribution in [0.2, 0.25) is 0 Å². The van der Waals surface area contributed by atoms with Crippen molar-refractivity contribution in [3.63, 3.8) is 0 Å². The third-order valence-corrected chi connectivity index (χ3v) is 5.61. The standard InChI is InChI=1S/C23H17N3O4S/c1-30-19-10-6-5-9-18(19)22(27)25-23-24-20(15-11-13-17(14-12-15)26(28)29)21(31-23)16-7-3-2-4-8-16/h2-14H,1H3,(H,24,25,27). The van der Waals surface area contributed by atoms with E-state index in [0.717, 1.165) is 16.0 Å². The summed E-state index contributed by atoms with van der Waals surface area (Å²) in [5, 5.41) is 14.2. The zero-order chi connectivity index (χ0) is 21.8. The van der Waals surface area contributed by atoms with Gasteiger partial charge in [-0.3, -0.25) is 20.2 Å². The zero-order valence-corrected chi connectivity index (χ0v) is 17.3. The van der Waals surface area contributed by atoms with Crippen molar-refractivity contribution >= 4 is 28.1 Å². The minimum absolute atomic E-state index is 0.00457. The second kappa shape index (κ2) is 8.76. The number of methoxy groups -OCH3 is 1. The summed E-state index contributed by atoms with van der Waals surface area (Å²) in [5.74, 6) is 0.136. The first-order valence-electron chi connectivity index (χ1n) is 9.32. The van der Waals surface area contributed by atoms with Crippen molar-refractivity contribution in [2.75, 3.05) is 12.4 Å². The number of rotatable bonds is 6. The molecule has 0 saturated carbocycles. The van der Waals surface area contributed by atoms with E-state index in [-0.39, 0.29) is 11.6 Å². The highest BCUT2D eigenvalue weighted by Crippen LogP contribution is 2.39. The molecule has 1 N–H and O–H groups in total. The Balaban J connectivity index is 1.73. The molecule has 3 aromatic carbocycles. The van der Waals surface area contributed by atoms with Gasteiger partial charge in [0.15, 0.2) is 5.13 Å². The molecular weight excluding hydrogens is 414 g/mol. The summed E-state index contributed by atoms with van der Waals surface area (Å²) in [5.41, 5.74) is 2.70. The second-order valence-electron chi connectivity index (χ2n) is 6.52. The van der Waals surface area contributed by atoms with Gasteiger partial charge in [0, 0.05) is 17.7 Å². The Kier molecular flexibility index (Phi) is 5.72. The maximum Gasteiger partial charge on any atom is 0.269 e. The van der Waals surface area contributed by atoms with E-state index in [0.29, 0.717) is 22.1 Å². The Hall–Kier alpha value is -4.04. The molecule has 0 fully saturated rings. The monoisotopic (exact) mass is 431 g/mol. The largest absolute Gasteiger partial charge is 0.496 e. The van der Waals surface area contributed by atoms with Crippen molar-refractivity contribution < 1.29 is 14.5 Å². The average Bonchev–Trinajstić information content (AvgIpc) is 3.23. The molecule has 4 aromatic rings. The van der Waals surface area contributed by atoms with Crippen molar-refractivity contribution in [1.29, 1.82) is 0 Å². The topological polar surface area (TPSA) is 94.4 Å². The number of hydrogen-bond donors (Lipinski definition) is 1. The summed E-state index contributed by atoms with van der Waals surface area (Å²) in [4.78, 5) is 28.8. The number of nitro benzene ring substituents is 1. The van der Waals surface area contributed by atoms with E-state index in [9.17, 15) is 14.9 Å². The van der Waals surface area contributed by atoms with Crippen molar-refractivity contribution in [2.24, 2.45) is 0 Å². The molecule has 0 aliphatic carbocycles. The highest BCUT2D eigenvalue weighted by Gasteiger charge is 2.19. The van der Waals surface area contributed by atoms with Crippen LogP contribution in [0.1, 0.15) is 10.4 Å². The van der Waals surface area contributed by atoms with E-state index < -0.39 is 4.92 Å². The van der Waals surface area contributed by atoms with Crippen LogP contribution in [0.4, 0.5) is 10.8 Å². The van der Waals surface area contributed by atoms with E-state index in [4.69, 9.17) is 4.74 Å². The van der Waals surface area contributed by atoms with E-state index in [2.05, 4.69) is 10.3 Å². The van der Waals surface area contributed by atoms with E-state index in [1.54, 1.807) is 36.4 Å². The Morgan fingerprint density at radius 1 is 0.968 bits per heavy atom. The van der Waals surface area contributed by atoms with Crippen LogP contribution >= 0.6 is 11.3 Å². The maximum atomic E-state index is 12.8. The minimum atomic E-state index is -0.443. The third kappa shape index (κ3) is 4.29. The maximum absolute atomic E-state index is 12.8. The molecule has 0 spiro atoms. The van der Waals surface area contributed by atoms with Crippen molar-refractivity contribution in [2.45, 2.75) is 0 Å². The van der Waals surface area contributed by atoms with Gasteiger partial charge in [-0.25, -0.2) is 4.98 Å². The first kappa shape index (κ1) is 20.2. The summed E-state index contributed by atoms with van der Waals surface area (Å²) >= 11 is 1.34. The first-order valence-corrected chi connectivity index (χ1v) is 10.1. The van der Waals surface area contributed by atoms with Gasteiger partial charge < -0.3 is 4.74 Å². The number of aromatic nitrogens is 1. The molecule has 0 bridgehead atoms. The molecule has 1 amide bonds. The molecular formula is C23H17N3O4S. The van der Waals surface area contributed by atoms with Crippen LogP contribution in [0.3, 0.4) is 0 Å². The number of amides is 1. The number of nitrogens with one attached hydrogen (secondary N) is 1. The lowest BCUT2D eigenvalue weighted by Crippen LogP contribution is -2.12. The SMILES string of the molecule is COc1ccccc1C(=O)Nc1nc(-c2ccc([N+](=O)[O-])cc2)c(-c2ccccc2)s1. The summed E-state index contributed by atoms with van der Waals surface area (Å²) in [7, 11) is 1.51. The molecule has 0 radical (unpaired) electrons. The number of nitro groups is 1. The molecule has 0 aliphatic rings. The summed E-state index contributed by atoms with van der Waals surface area (Å²) in [6, 6.07) is 22.8. The molecule has 31 heavy (non-hydrogen) atoms. The van der Waals surface area contributed by atoms with Crippen molar-refractivity contribution in [3.8, 4) is 27.4 Å².